The molecule has 0 aromatic heterocycles. The first kappa shape index (κ1) is 12.5. The predicted molar refractivity (Wildman–Crippen MR) is 66.4 cm³/mol. The number of ether oxygens (including phenoxy) is 1. The van der Waals surface area contributed by atoms with Gasteiger partial charge < -0.3 is 10.1 Å². The predicted octanol–water partition coefficient (Wildman–Crippen LogP) is 3.04. The van der Waals surface area contributed by atoms with Crippen molar-refractivity contribution in [2.24, 2.45) is 0 Å². The van der Waals surface area contributed by atoms with E-state index in [0.717, 1.165) is 24.9 Å². The lowest BCUT2D eigenvalue weighted by atomic mass is 10.1. The van der Waals surface area contributed by atoms with Crippen LogP contribution in [0.25, 0.3) is 0 Å². The van der Waals surface area contributed by atoms with Gasteiger partial charge in [-0.1, -0.05) is 12.1 Å². The minimum atomic E-state index is -0.179. The van der Waals surface area contributed by atoms with Gasteiger partial charge in [0.25, 0.3) is 0 Å². The molecule has 1 saturated heterocycles. The van der Waals surface area contributed by atoms with E-state index in [1.54, 1.807) is 12.1 Å². The van der Waals surface area contributed by atoms with Crippen LogP contribution in [-0.2, 0) is 4.74 Å². The summed E-state index contributed by atoms with van der Waals surface area (Å²) in [5, 5.41) is 3.40. The Labute approximate surface area is 102 Å². The minimum Gasteiger partial charge on any atom is -0.374 e. The maximum absolute atomic E-state index is 13.1. The topological polar surface area (TPSA) is 21.3 Å². The zero-order chi connectivity index (χ0) is 12.3. The second-order valence-corrected chi connectivity index (χ2v) is 4.83. The molecule has 3 unspecified atom stereocenters. The number of nitrogens with one attached hydrogen (secondary N) is 1. The fourth-order valence-electron chi connectivity index (χ4n) is 2.24. The van der Waals surface area contributed by atoms with Crippen molar-refractivity contribution in [2.75, 3.05) is 6.54 Å². The lowest BCUT2D eigenvalue weighted by Crippen LogP contribution is -2.29. The number of hydrogen-bond acceptors (Lipinski definition) is 2. The van der Waals surface area contributed by atoms with Gasteiger partial charge in [-0.15, -0.1) is 0 Å². The van der Waals surface area contributed by atoms with Crippen molar-refractivity contribution >= 4 is 0 Å². The molecule has 0 spiro atoms. The Balaban J connectivity index is 1.83. The lowest BCUT2D eigenvalue weighted by molar-refractivity contribution is 0.0546. The summed E-state index contributed by atoms with van der Waals surface area (Å²) in [6, 6.07) is 6.90. The molecule has 17 heavy (non-hydrogen) atoms. The van der Waals surface area contributed by atoms with E-state index in [0.29, 0.717) is 12.2 Å². The van der Waals surface area contributed by atoms with Crippen molar-refractivity contribution in [2.45, 2.75) is 44.9 Å². The third-order valence-electron chi connectivity index (χ3n) is 3.32. The molecular weight excluding hydrogens is 217 g/mol. The second-order valence-electron chi connectivity index (χ2n) is 4.83. The Kier molecular flexibility index (Phi) is 4.13. The van der Waals surface area contributed by atoms with Crippen LogP contribution in [0.15, 0.2) is 24.3 Å². The van der Waals surface area contributed by atoms with Crippen molar-refractivity contribution < 1.29 is 9.13 Å². The number of hydrogen-bond donors (Lipinski definition) is 1. The molecule has 1 heterocycles. The van der Waals surface area contributed by atoms with Crippen LogP contribution in [0.2, 0.25) is 0 Å². The molecule has 1 aromatic rings. The molecule has 1 aromatic carbocycles. The second kappa shape index (κ2) is 5.61. The molecular formula is C14H20FNO. The van der Waals surface area contributed by atoms with Crippen LogP contribution < -0.4 is 5.32 Å². The van der Waals surface area contributed by atoms with E-state index < -0.39 is 0 Å². The van der Waals surface area contributed by atoms with Gasteiger partial charge in [-0.3, -0.25) is 0 Å². The monoisotopic (exact) mass is 237 g/mol. The van der Waals surface area contributed by atoms with E-state index in [1.807, 2.05) is 13.0 Å². The first-order valence-corrected chi connectivity index (χ1v) is 6.29. The van der Waals surface area contributed by atoms with Gasteiger partial charge in [0.15, 0.2) is 0 Å². The van der Waals surface area contributed by atoms with Crippen molar-refractivity contribution in [3.05, 3.63) is 35.6 Å². The van der Waals surface area contributed by atoms with Crippen molar-refractivity contribution in [3.63, 3.8) is 0 Å². The van der Waals surface area contributed by atoms with Gasteiger partial charge in [0, 0.05) is 12.6 Å². The summed E-state index contributed by atoms with van der Waals surface area (Å²) < 4.78 is 18.8. The maximum Gasteiger partial charge on any atom is 0.123 e. The first-order chi connectivity index (χ1) is 8.15. The smallest absolute Gasteiger partial charge is 0.123 e. The summed E-state index contributed by atoms with van der Waals surface area (Å²) in [5.74, 6) is -0.179. The van der Waals surface area contributed by atoms with Gasteiger partial charge in [-0.05, 0) is 44.4 Å². The van der Waals surface area contributed by atoms with Gasteiger partial charge in [-0.2, -0.15) is 0 Å². The van der Waals surface area contributed by atoms with Crippen LogP contribution in [0.4, 0.5) is 4.39 Å². The van der Waals surface area contributed by atoms with Crippen LogP contribution in [0, 0.1) is 5.82 Å². The van der Waals surface area contributed by atoms with Crippen LogP contribution in [0.3, 0.4) is 0 Å². The molecule has 1 N–H and O–H groups in total. The molecule has 2 nitrogen and oxygen atoms in total. The Bertz CT molecular complexity index is 369. The molecule has 94 valence electrons. The zero-order valence-electron chi connectivity index (χ0n) is 10.4. The van der Waals surface area contributed by atoms with Crippen LogP contribution in [0.5, 0.6) is 0 Å². The molecule has 1 aliphatic rings. The minimum absolute atomic E-state index is 0.158. The third kappa shape index (κ3) is 3.51. The number of rotatable bonds is 4. The number of halogens is 1. The SMILES string of the molecule is CC1CCC(CNC(C)c2cccc(F)c2)O1. The summed E-state index contributed by atoms with van der Waals surface area (Å²) in [7, 11) is 0. The molecule has 1 fully saturated rings. The summed E-state index contributed by atoms with van der Waals surface area (Å²) in [5.41, 5.74) is 0.982. The van der Waals surface area contributed by atoms with Crippen molar-refractivity contribution in [3.8, 4) is 0 Å². The molecule has 0 aliphatic carbocycles. The van der Waals surface area contributed by atoms with Gasteiger partial charge in [0.1, 0.15) is 5.82 Å². The maximum atomic E-state index is 13.1. The van der Waals surface area contributed by atoms with E-state index in [4.69, 9.17) is 4.74 Å². The highest BCUT2D eigenvalue weighted by Crippen LogP contribution is 2.20. The highest BCUT2D eigenvalue weighted by atomic mass is 19.1. The summed E-state index contributed by atoms with van der Waals surface area (Å²) in [4.78, 5) is 0. The van der Waals surface area contributed by atoms with E-state index >= 15 is 0 Å². The largest absolute Gasteiger partial charge is 0.374 e. The van der Waals surface area contributed by atoms with E-state index in [1.165, 1.54) is 6.07 Å². The van der Waals surface area contributed by atoms with Crippen LogP contribution in [-0.4, -0.2) is 18.8 Å². The average molecular weight is 237 g/mol. The molecule has 0 bridgehead atoms. The van der Waals surface area contributed by atoms with Gasteiger partial charge in [-0.25, -0.2) is 4.39 Å². The fourth-order valence-corrected chi connectivity index (χ4v) is 2.24. The normalized spacial score (nSPS) is 26.1. The van der Waals surface area contributed by atoms with Gasteiger partial charge in [0.2, 0.25) is 0 Å². The van der Waals surface area contributed by atoms with E-state index in [-0.39, 0.29) is 11.9 Å². The van der Waals surface area contributed by atoms with Crippen LogP contribution in [0.1, 0.15) is 38.3 Å². The summed E-state index contributed by atoms with van der Waals surface area (Å²) in [6.07, 6.45) is 2.94. The standard InChI is InChI=1S/C14H20FNO/c1-10-6-7-14(17-10)9-16-11(2)12-4-3-5-13(15)8-12/h3-5,8,10-11,14,16H,6-7,9H2,1-2H3. The summed E-state index contributed by atoms with van der Waals surface area (Å²) >= 11 is 0. The molecule has 0 amide bonds. The zero-order valence-corrected chi connectivity index (χ0v) is 10.4. The molecule has 0 saturated carbocycles. The Morgan fingerprint density at radius 1 is 1.47 bits per heavy atom. The van der Waals surface area contributed by atoms with E-state index in [9.17, 15) is 4.39 Å². The average Bonchev–Trinajstić information content (AvgIpc) is 2.72. The molecule has 1 aliphatic heterocycles. The summed E-state index contributed by atoms with van der Waals surface area (Å²) in [6.45, 7) is 4.99. The molecule has 0 radical (unpaired) electrons. The third-order valence-corrected chi connectivity index (χ3v) is 3.32. The van der Waals surface area contributed by atoms with Crippen LogP contribution >= 0.6 is 0 Å². The quantitative estimate of drug-likeness (QED) is 0.869. The Morgan fingerprint density at radius 2 is 2.29 bits per heavy atom. The van der Waals surface area contributed by atoms with Gasteiger partial charge >= 0.3 is 0 Å². The lowest BCUT2D eigenvalue weighted by Gasteiger charge is -2.18. The molecule has 3 heteroatoms. The first-order valence-electron chi connectivity index (χ1n) is 6.29. The Morgan fingerprint density at radius 3 is 2.94 bits per heavy atom. The highest BCUT2D eigenvalue weighted by molar-refractivity contribution is 5.19. The van der Waals surface area contributed by atoms with E-state index in [2.05, 4.69) is 12.2 Å². The molecule has 2 rings (SSSR count). The van der Waals surface area contributed by atoms with Crippen molar-refractivity contribution in [1.29, 1.82) is 0 Å². The molecule has 3 atom stereocenters. The fraction of sp³-hybridized carbons (Fsp3) is 0.571. The highest BCUT2D eigenvalue weighted by Gasteiger charge is 2.21. The van der Waals surface area contributed by atoms with Crippen molar-refractivity contribution in [1.82, 2.24) is 5.32 Å². The Hall–Kier alpha value is -0.930. The van der Waals surface area contributed by atoms with Gasteiger partial charge in [0.05, 0.1) is 12.2 Å². The number of benzene rings is 1.